The number of aryl methyl sites for hydroxylation is 1. The van der Waals surface area contributed by atoms with E-state index in [1.54, 1.807) is 0 Å². The van der Waals surface area contributed by atoms with Crippen molar-refractivity contribution < 1.29 is 0 Å². The highest BCUT2D eigenvalue weighted by molar-refractivity contribution is 6.02. The van der Waals surface area contributed by atoms with Gasteiger partial charge in [0, 0.05) is 11.9 Å². The predicted octanol–water partition coefficient (Wildman–Crippen LogP) is 1.24. The Morgan fingerprint density at radius 2 is 2.31 bits per heavy atom. The average molecular weight is 215 g/mol. The maximum Gasteiger partial charge on any atom is 0.195 e. The molecular formula is C11H13N5. The summed E-state index contributed by atoms with van der Waals surface area (Å²) in [5, 5.41) is 14.6. The normalized spacial score (nSPS) is 14.9. The molecule has 16 heavy (non-hydrogen) atoms. The molecule has 0 saturated carbocycles. The minimum Gasteiger partial charge on any atom is -0.354 e. The Morgan fingerprint density at radius 1 is 1.38 bits per heavy atom. The van der Waals surface area contributed by atoms with Crippen LogP contribution in [-0.2, 0) is 0 Å². The van der Waals surface area contributed by atoms with Gasteiger partial charge >= 0.3 is 0 Å². The number of anilines is 1. The Labute approximate surface area is 93.0 Å². The van der Waals surface area contributed by atoms with Crippen LogP contribution in [0.1, 0.15) is 5.56 Å². The first-order valence-electron chi connectivity index (χ1n) is 5.32. The zero-order valence-electron chi connectivity index (χ0n) is 9.04. The van der Waals surface area contributed by atoms with Crippen LogP contribution >= 0.6 is 0 Å². The van der Waals surface area contributed by atoms with Gasteiger partial charge in [0.05, 0.1) is 23.9 Å². The van der Waals surface area contributed by atoms with Crippen molar-refractivity contribution in [2.24, 2.45) is 4.99 Å². The van der Waals surface area contributed by atoms with Crippen molar-refractivity contribution in [1.29, 1.82) is 0 Å². The predicted molar refractivity (Wildman–Crippen MR) is 64.8 cm³/mol. The lowest BCUT2D eigenvalue weighted by atomic mass is 10.1. The van der Waals surface area contributed by atoms with Gasteiger partial charge in [0.2, 0.25) is 0 Å². The summed E-state index contributed by atoms with van der Waals surface area (Å²) in [7, 11) is 0. The Hall–Kier alpha value is -2.04. The number of aromatic nitrogens is 2. The van der Waals surface area contributed by atoms with Gasteiger partial charge in [0.1, 0.15) is 0 Å². The summed E-state index contributed by atoms with van der Waals surface area (Å²) >= 11 is 0. The topological polar surface area (TPSA) is 65.1 Å². The quantitative estimate of drug-likeness (QED) is 0.670. The number of rotatable bonds is 1. The molecule has 1 aromatic carbocycles. The number of H-pyrrole nitrogens is 1. The van der Waals surface area contributed by atoms with Crippen molar-refractivity contribution in [2.75, 3.05) is 18.4 Å². The van der Waals surface area contributed by atoms with E-state index < -0.39 is 0 Å². The molecule has 0 unspecified atom stereocenters. The van der Waals surface area contributed by atoms with Gasteiger partial charge in [-0.2, -0.15) is 5.10 Å². The standard InChI is InChI=1S/C11H13N5/c1-7-4-8-6-14-16-10(8)9(5-7)15-11-12-2-3-13-11/h4-6H,2-3H2,1H3,(H,14,16)(H2,12,13,15). The van der Waals surface area contributed by atoms with Gasteiger partial charge in [-0.1, -0.05) is 0 Å². The highest BCUT2D eigenvalue weighted by Crippen LogP contribution is 2.23. The fraction of sp³-hybridized carbons (Fsp3) is 0.273. The third-order valence-corrected chi connectivity index (χ3v) is 2.62. The fourth-order valence-electron chi connectivity index (χ4n) is 1.92. The number of nitrogens with one attached hydrogen (secondary N) is 3. The summed E-state index contributed by atoms with van der Waals surface area (Å²) in [5.41, 5.74) is 3.23. The molecule has 0 bridgehead atoms. The van der Waals surface area contributed by atoms with Crippen LogP contribution in [0.5, 0.6) is 0 Å². The molecule has 3 rings (SSSR count). The monoisotopic (exact) mass is 215 g/mol. The Bertz CT molecular complexity index is 555. The van der Waals surface area contributed by atoms with Crippen LogP contribution in [0.3, 0.4) is 0 Å². The van der Waals surface area contributed by atoms with E-state index in [2.05, 4.69) is 44.9 Å². The second-order valence-corrected chi connectivity index (χ2v) is 3.93. The lowest BCUT2D eigenvalue weighted by molar-refractivity contribution is 0.959. The van der Waals surface area contributed by atoms with Crippen LogP contribution in [0, 0.1) is 6.92 Å². The van der Waals surface area contributed by atoms with E-state index in [0.29, 0.717) is 0 Å². The van der Waals surface area contributed by atoms with E-state index >= 15 is 0 Å². The molecule has 5 nitrogen and oxygen atoms in total. The summed E-state index contributed by atoms with van der Waals surface area (Å²) in [6, 6.07) is 4.19. The molecule has 1 aliphatic rings. The molecular weight excluding hydrogens is 202 g/mol. The maximum absolute atomic E-state index is 4.31. The molecule has 3 N–H and O–H groups in total. The zero-order valence-corrected chi connectivity index (χ0v) is 9.04. The van der Waals surface area contributed by atoms with Gasteiger partial charge in [0.15, 0.2) is 5.96 Å². The number of benzene rings is 1. The number of nitrogens with zero attached hydrogens (tertiary/aromatic N) is 2. The van der Waals surface area contributed by atoms with Gasteiger partial charge in [-0.15, -0.1) is 0 Å². The zero-order chi connectivity index (χ0) is 11.0. The van der Waals surface area contributed by atoms with Crippen LogP contribution in [0.15, 0.2) is 23.3 Å². The number of aromatic amines is 1. The Kier molecular flexibility index (Phi) is 2.02. The molecule has 5 heteroatoms. The van der Waals surface area contributed by atoms with Crippen LogP contribution < -0.4 is 10.6 Å². The number of hydrogen-bond acceptors (Lipinski definition) is 4. The summed E-state index contributed by atoms with van der Waals surface area (Å²) in [5.74, 6) is 0.835. The molecule has 1 aliphatic heterocycles. The molecule has 0 amide bonds. The molecule has 82 valence electrons. The second-order valence-electron chi connectivity index (χ2n) is 3.93. The summed E-state index contributed by atoms with van der Waals surface area (Å²) in [4.78, 5) is 4.31. The second kappa shape index (κ2) is 3.52. The molecule has 2 heterocycles. The van der Waals surface area contributed by atoms with Crippen molar-refractivity contribution >= 4 is 22.5 Å². The van der Waals surface area contributed by atoms with E-state index in [-0.39, 0.29) is 0 Å². The van der Waals surface area contributed by atoms with Crippen LogP contribution in [-0.4, -0.2) is 29.2 Å². The van der Waals surface area contributed by atoms with Crippen LogP contribution in [0.25, 0.3) is 10.9 Å². The van der Waals surface area contributed by atoms with E-state index in [9.17, 15) is 0 Å². The number of fused-ring (bicyclic) bond motifs is 1. The lowest BCUT2D eigenvalue weighted by Crippen LogP contribution is -2.26. The van der Waals surface area contributed by atoms with Crippen LogP contribution in [0.2, 0.25) is 0 Å². The highest BCUT2D eigenvalue weighted by Gasteiger charge is 2.09. The first-order valence-corrected chi connectivity index (χ1v) is 5.32. The first-order chi connectivity index (χ1) is 7.83. The fourth-order valence-corrected chi connectivity index (χ4v) is 1.92. The first kappa shape index (κ1) is 9.21. The van der Waals surface area contributed by atoms with Gasteiger partial charge in [-0.3, -0.25) is 10.1 Å². The maximum atomic E-state index is 4.31. The molecule has 2 aromatic rings. The average Bonchev–Trinajstić information content (AvgIpc) is 2.87. The molecule has 0 saturated heterocycles. The van der Waals surface area contributed by atoms with E-state index in [1.807, 2.05) is 6.20 Å². The van der Waals surface area contributed by atoms with Gasteiger partial charge in [-0.05, 0) is 24.6 Å². The van der Waals surface area contributed by atoms with Crippen molar-refractivity contribution in [3.63, 3.8) is 0 Å². The van der Waals surface area contributed by atoms with Gasteiger partial charge in [0.25, 0.3) is 0 Å². The summed E-state index contributed by atoms with van der Waals surface area (Å²) in [6.07, 6.45) is 1.83. The molecule has 0 aliphatic carbocycles. The largest absolute Gasteiger partial charge is 0.354 e. The SMILES string of the molecule is Cc1cc(NC2=NCCN2)c2[nH]ncc2c1. The van der Waals surface area contributed by atoms with E-state index in [0.717, 1.165) is 35.6 Å². The van der Waals surface area contributed by atoms with E-state index in [1.165, 1.54) is 5.56 Å². The lowest BCUT2D eigenvalue weighted by Gasteiger charge is -2.08. The van der Waals surface area contributed by atoms with Crippen molar-refractivity contribution in [3.8, 4) is 0 Å². The summed E-state index contributed by atoms with van der Waals surface area (Å²) < 4.78 is 0. The smallest absolute Gasteiger partial charge is 0.195 e. The molecule has 0 spiro atoms. The van der Waals surface area contributed by atoms with E-state index in [4.69, 9.17) is 0 Å². The van der Waals surface area contributed by atoms with Gasteiger partial charge < -0.3 is 10.6 Å². The highest BCUT2D eigenvalue weighted by atomic mass is 15.2. The number of aliphatic imine (C=N–C) groups is 1. The van der Waals surface area contributed by atoms with Gasteiger partial charge in [-0.25, -0.2) is 0 Å². The van der Waals surface area contributed by atoms with Crippen molar-refractivity contribution in [3.05, 3.63) is 23.9 Å². The molecule has 0 radical (unpaired) electrons. The Morgan fingerprint density at radius 3 is 3.12 bits per heavy atom. The minimum absolute atomic E-state index is 0.834. The third kappa shape index (κ3) is 1.50. The Balaban J connectivity index is 2.04. The van der Waals surface area contributed by atoms with Crippen molar-refractivity contribution in [1.82, 2.24) is 15.5 Å². The van der Waals surface area contributed by atoms with Crippen molar-refractivity contribution in [2.45, 2.75) is 6.92 Å². The molecule has 0 fully saturated rings. The minimum atomic E-state index is 0.834. The number of guanidine groups is 1. The number of hydrogen-bond donors (Lipinski definition) is 3. The van der Waals surface area contributed by atoms with Crippen LogP contribution in [0.4, 0.5) is 5.69 Å². The molecule has 0 atom stereocenters. The molecule has 1 aromatic heterocycles. The third-order valence-electron chi connectivity index (χ3n) is 2.62. The summed E-state index contributed by atoms with van der Waals surface area (Å²) in [6.45, 7) is 3.81.